The number of halogens is 1. The van der Waals surface area contributed by atoms with E-state index >= 15 is 0 Å². The zero-order valence-corrected chi connectivity index (χ0v) is 15.4. The minimum absolute atomic E-state index is 0.228. The summed E-state index contributed by atoms with van der Waals surface area (Å²) in [5.41, 5.74) is 1.50. The third-order valence-corrected chi connectivity index (χ3v) is 4.36. The fourth-order valence-corrected chi connectivity index (χ4v) is 3.03. The highest BCUT2D eigenvalue weighted by Gasteiger charge is 2.18. The molecule has 3 aromatic rings. The normalized spacial score (nSPS) is 11.9. The second-order valence-corrected chi connectivity index (χ2v) is 6.47. The van der Waals surface area contributed by atoms with Crippen LogP contribution in [-0.4, -0.2) is 11.5 Å². The van der Waals surface area contributed by atoms with Gasteiger partial charge in [0.05, 0.1) is 0 Å². The highest BCUT2D eigenvalue weighted by atomic mass is 79.9. The summed E-state index contributed by atoms with van der Waals surface area (Å²) < 4.78 is 11.7. The zero-order valence-electron chi connectivity index (χ0n) is 13.8. The fraction of sp³-hybridized carbons (Fsp3) is 0.263. The molecule has 1 unspecified atom stereocenters. The van der Waals surface area contributed by atoms with Crippen LogP contribution in [0.15, 0.2) is 56.0 Å². The van der Waals surface area contributed by atoms with Gasteiger partial charge in [-0.25, -0.2) is 0 Å². The van der Waals surface area contributed by atoms with Gasteiger partial charge in [-0.1, -0.05) is 43.7 Å². The Morgan fingerprint density at radius 3 is 2.64 bits per heavy atom. The van der Waals surface area contributed by atoms with Crippen molar-refractivity contribution in [1.82, 2.24) is 4.98 Å². The molecule has 0 bridgehead atoms. The Morgan fingerprint density at radius 1 is 1.20 bits per heavy atom. The predicted octanol–water partition coefficient (Wildman–Crippen LogP) is 5.56. The first kappa shape index (κ1) is 17.3. The number of hydrogen-bond acceptors (Lipinski definition) is 5. The molecule has 25 heavy (non-hydrogen) atoms. The SMILES string of the molecule is CCCC(CNc1oc(-c2ccc(Br)o2)nc1C#N)c1ccccc1. The van der Waals surface area contributed by atoms with Crippen LogP contribution >= 0.6 is 15.9 Å². The van der Waals surface area contributed by atoms with Crippen LogP contribution in [0.25, 0.3) is 11.7 Å². The van der Waals surface area contributed by atoms with Crippen LogP contribution in [0.1, 0.15) is 36.9 Å². The number of nitrogens with one attached hydrogen (secondary N) is 1. The molecule has 1 N–H and O–H groups in total. The highest BCUT2D eigenvalue weighted by Crippen LogP contribution is 2.29. The molecule has 0 spiro atoms. The summed E-state index contributed by atoms with van der Waals surface area (Å²) in [6.07, 6.45) is 2.12. The minimum atomic E-state index is 0.228. The van der Waals surface area contributed by atoms with Crippen LogP contribution in [0, 0.1) is 11.3 Å². The van der Waals surface area contributed by atoms with E-state index in [1.54, 1.807) is 12.1 Å². The maximum Gasteiger partial charge on any atom is 0.266 e. The fourth-order valence-electron chi connectivity index (χ4n) is 2.73. The van der Waals surface area contributed by atoms with Crippen molar-refractivity contribution in [3.05, 3.63) is 58.4 Å². The first-order valence-electron chi connectivity index (χ1n) is 8.16. The van der Waals surface area contributed by atoms with E-state index in [-0.39, 0.29) is 11.6 Å². The van der Waals surface area contributed by atoms with E-state index in [0.29, 0.717) is 28.8 Å². The summed E-state index contributed by atoms with van der Waals surface area (Å²) >= 11 is 3.25. The maximum atomic E-state index is 9.32. The van der Waals surface area contributed by atoms with E-state index < -0.39 is 0 Å². The van der Waals surface area contributed by atoms with Crippen molar-refractivity contribution in [3.63, 3.8) is 0 Å². The van der Waals surface area contributed by atoms with Gasteiger partial charge in [-0.3, -0.25) is 0 Å². The molecule has 6 heteroatoms. The molecule has 128 valence electrons. The summed E-state index contributed by atoms with van der Waals surface area (Å²) in [7, 11) is 0. The molecule has 0 fully saturated rings. The Kier molecular flexibility index (Phi) is 5.56. The van der Waals surface area contributed by atoms with Crippen LogP contribution in [-0.2, 0) is 0 Å². The van der Waals surface area contributed by atoms with Crippen LogP contribution in [0.4, 0.5) is 5.88 Å². The number of furan rings is 1. The standard InChI is InChI=1S/C19H18BrN3O2/c1-2-6-14(13-7-4-3-5-8-13)12-22-18-15(11-21)23-19(25-18)16-9-10-17(20)24-16/h3-5,7-10,14,22H,2,6,12H2,1H3. The van der Waals surface area contributed by atoms with Crippen molar-refractivity contribution in [2.75, 3.05) is 11.9 Å². The molecule has 0 radical (unpaired) electrons. The molecule has 1 atom stereocenters. The van der Waals surface area contributed by atoms with Crippen molar-refractivity contribution in [3.8, 4) is 17.7 Å². The van der Waals surface area contributed by atoms with E-state index in [9.17, 15) is 5.26 Å². The number of oxazole rings is 1. The molecule has 0 amide bonds. The summed E-state index contributed by atoms with van der Waals surface area (Å²) in [6.45, 7) is 2.83. The lowest BCUT2D eigenvalue weighted by Crippen LogP contribution is -2.13. The summed E-state index contributed by atoms with van der Waals surface area (Å²) in [6, 6.07) is 15.9. The largest absolute Gasteiger partial charge is 0.444 e. The zero-order chi connectivity index (χ0) is 17.6. The Balaban J connectivity index is 1.77. The van der Waals surface area contributed by atoms with Gasteiger partial charge in [0.25, 0.3) is 5.89 Å². The van der Waals surface area contributed by atoms with E-state index in [1.165, 1.54) is 5.56 Å². The molecule has 0 saturated carbocycles. The Morgan fingerprint density at radius 2 is 2.00 bits per heavy atom. The average molecular weight is 400 g/mol. The van der Waals surface area contributed by atoms with Gasteiger partial charge in [-0.15, -0.1) is 0 Å². The molecule has 0 aliphatic heterocycles. The second-order valence-electron chi connectivity index (χ2n) is 5.69. The summed E-state index contributed by atoms with van der Waals surface area (Å²) in [5, 5.41) is 12.6. The van der Waals surface area contributed by atoms with E-state index in [0.717, 1.165) is 12.8 Å². The Hall–Kier alpha value is -2.52. The molecule has 5 nitrogen and oxygen atoms in total. The molecule has 0 saturated heterocycles. The van der Waals surface area contributed by atoms with Gasteiger partial charge in [0.1, 0.15) is 6.07 Å². The van der Waals surface area contributed by atoms with Gasteiger partial charge < -0.3 is 14.2 Å². The third kappa shape index (κ3) is 4.12. The number of nitrogens with zero attached hydrogens (tertiary/aromatic N) is 2. The number of nitriles is 1. The second kappa shape index (κ2) is 8.04. The molecular formula is C19H18BrN3O2. The minimum Gasteiger partial charge on any atom is -0.444 e. The Bertz CT molecular complexity index is 864. The monoisotopic (exact) mass is 399 g/mol. The van der Waals surface area contributed by atoms with Crippen LogP contribution in [0.5, 0.6) is 0 Å². The van der Waals surface area contributed by atoms with Crippen molar-refractivity contribution in [2.45, 2.75) is 25.7 Å². The average Bonchev–Trinajstić information content (AvgIpc) is 3.25. The van der Waals surface area contributed by atoms with Gasteiger partial charge in [0.15, 0.2) is 10.4 Å². The molecule has 0 aliphatic carbocycles. The highest BCUT2D eigenvalue weighted by molar-refractivity contribution is 9.10. The van der Waals surface area contributed by atoms with E-state index in [1.807, 2.05) is 18.2 Å². The van der Waals surface area contributed by atoms with E-state index in [4.69, 9.17) is 8.83 Å². The van der Waals surface area contributed by atoms with Crippen molar-refractivity contribution in [2.24, 2.45) is 0 Å². The summed E-state index contributed by atoms with van der Waals surface area (Å²) in [5.74, 6) is 1.48. The number of anilines is 1. The lowest BCUT2D eigenvalue weighted by Gasteiger charge is -2.17. The molecule has 2 heterocycles. The topological polar surface area (TPSA) is 75.0 Å². The van der Waals surface area contributed by atoms with Crippen molar-refractivity contribution < 1.29 is 8.83 Å². The smallest absolute Gasteiger partial charge is 0.266 e. The van der Waals surface area contributed by atoms with Gasteiger partial charge >= 0.3 is 0 Å². The predicted molar refractivity (Wildman–Crippen MR) is 99.2 cm³/mol. The van der Waals surface area contributed by atoms with Crippen molar-refractivity contribution >= 4 is 21.8 Å². The lowest BCUT2D eigenvalue weighted by molar-refractivity contribution is 0.507. The molecule has 0 aliphatic rings. The number of benzene rings is 1. The third-order valence-electron chi connectivity index (χ3n) is 3.93. The molecular weight excluding hydrogens is 382 g/mol. The first-order valence-corrected chi connectivity index (χ1v) is 8.96. The van der Waals surface area contributed by atoms with Gasteiger partial charge in [-0.2, -0.15) is 10.2 Å². The lowest BCUT2D eigenvalue weighted by atomic mass is 9.94. The van der Waals surface area contributed by atoms with Gasteiger partial charge in [0, 0.05) is 12.5 Å². The first-order chi connectivity index (χ1) is 12.2. The maximum absolute atomic E-state index is 9.32. The van der Waals surface area contributed by atoms with Gasteiger partial charge in [-0.05, 0) is 40.0 Å². The van der Waals surface area contributed by atoms with Gasteiger partial charge in [0.2, 0.25) is 11.6 Å². The van der Waals surface area contributed by atoms with E-state index in [2.05, 4.69) is 51.4 Å². The summed E-state index contributed by atoms with van der Waals surface area (Å²) in [4.78, 5) is 4.20. The quantitative estimate of drug-likeness (QED) is 0.562. The van der Waals surface area contributed by atoms with Crippen LogP contribution < -0.4 is 5.32 Å². The number of hydrogen-bond donors (Lipinski definition) is 1. The van der Waals surface area contributed by atoms with Crippen molar-refractivity contribution in [1.29, 1.82) is 5.26 Å². The molecule has 2 aromatic heterocycles. The van der Waals surface area contributed by atoms with Crippen LogP contribution in [0.3, 0.4) is 0 Å². The number of aromatic nitrogens is 1. The van der Waals surface area contributed by atoms with Crippen LogP contribution in [0.2, 0.25) is 0 Å². The Labute approximate surface area is 154 Å². The number of rotatable bonds is 7. The molecule has 1 aromatic carbocycles. The molecule has 3 rings (SSSR count).